The van der Waals surface area contributed by atoms with Gasteiger partial charge in [-0.25, -0.2) is 9.18 Å². The van der Waals surface area contributed by atoms with Crippen molar-refractivity contribution in [2.24, 2.45) is 0 Å². The Kier molecular flexibility index (Phi) is 1.99. The highest BCUT2D eigenvalue weighted by atomic mass is 79.9. The van der Waals surface area contributed by atoms with Crippen LogP contribution in [0.15, 0.2) is 26.2 Å². The molecule has 0 saturated heterocycles. The van der Waals surface area contributed by atoms with E-state index in [2.05, 4.69) is 20.9 Å². The summed E-state index contributed by atoms with van der Waals surface area (Å²) in [6, 6.07) is 2.58. The number of hydrogen-bond acceptors (Lipinski definition) is 2. The van der Waals surface area contributed by atoms with Crippen molar-refractivity contribution in [3.05, 3.63) is 43.3 Å². The van der Waals surface area contributed by atoms with Crippen molar-refractivity contribution in [3.8, 4) is 0 Å². The first kappa shape index (κ1) is 9.14. The maximum Gasteiger partial charge on any atom is 0.326 e. The standard InChI is InChI=1S/C8H4BrFN2O2/c9-3-1-2-4(10)6-5(3)7(13)12-8(14)11-6/h1-2H,(H2,11,12,13,14). The molecule has 0 radical (unpaired) electrons. The van der Waals surface area contributed by atoms with Crippen molar-refractivity contribution in [1.29, 1.82) is 0 Å². The van der Waals surface area contributed by atoms with Gasteiger partial charge in [-0.3, -0.25) is 9.78 Å². The van der Waals surface area contributed by atoms with Gasteiger partial charge in [0, 0.05) is 4.47 Å². The highest BCUT2D eigenvalue weighted by Crippen LogP contribution is 2.20. The Bertz CT molecular complexity index is 617. The van der Waals surface area contributed by atoms with Gasteiger partial charge in [-0.1, -0.05) is 0 Å². The molecule has 4 nitrogen and oxygen atoms in total. The molecule has 0 bridgehead atoms. The Morgan fingerprint density at radius 1 is 1.21 bits per heavy atom. The third-order valence-electron chi connectivity index (χ3n) is 1.80. The number of aromatic nitrogens is 2. The first-order valence-electron chi connectivity index (χ1n) is 3.70. The van der Waals surface area contributed by atoms with Crippen molar-refractivity contribution in [2.45, 2.75) is 0 Å². The van der Waals surface area contributed by atoms with Gasteiger partial charge in [0.25, 0.3) is 5.56 Å². The molecule has 0 amide bonds. The third kappa shape index (κ3) is 1.27. The summed E-state index contributed by atoms with van der Waals surface area (Å²) in [5.41, 5.74) is -1.43. The lowest BCUT2D eigenvalue weighted by Crippen LogP contribution is -2.22. The first-order chi connectivity index (χ1) is 6.59. The van der Waals surface area contributed by atoms with E-state index in [4.69, 9.17) is 0 Å². The van der Waals surface area contributed by atoms with Crippen LogP contribution in [0.25, 0.3) is 10.9 Å². The molecular weight excluding hydrogens is 255 g/mol. The smallest absolute Gasteiger partial charge is 0.304 e. The molecule has 72 valence electrons. The molecule has 6 heteroatoms. The summed E-state index contributed by atoms with van der Waals surface area (Å²) in [4.78, 5) is 26.4. The minimum Gasteiger partial charge on any atom is -0.304 e. The largest absolute Gasteiger partial charge is 0.326 e. The molecule has 0 saturated carbocycles. The van der Waals surface area contributed by atoms with Gasteiger partial charge in [-0.2, -0.15) is 0 Å². The van der Waals surface area contributed by atoms with E-state index in [0.29, 0.717) is 4.47 Å². The summed E-state index contributed by atoms with van der Waals surface area (Å²) in [5.74, 6) is -0.633. The number of halogens is 2. The zero-order chi connectivity index (χ0) is 10.3. The van der Waals surface area contributed by atoms with Gasteiger partial charge in [0.05, 0.1) is 10.9 Å². The topological polar surface area (TPSA) is 65.7 Å². The van der Waals surface area contributed by atoms with Crippen molar-refractivity contribution in [2.75, 3.05) is 0 Å². The van der Waals surface area contributed by atoms with Crippen LogP contribution in [0.2, 0.25) is 0 Å². The second-order valence-corrected chi connectivity index (χ2v) is 3.54. The van der Waals surface area contributed by atoms with Crippen LogP contribution in [0.4, 0.5) is 4.39 Å². The van der Waals surface area contributed by atoms with Crippen LogP contribution in [0.3, 0.4) is 0 Å². The molecule has 14 heavy (non-hydrogen) atoms. The molecule has 2 rings (SSSR count). The predicted molar refractivity (Wildman–Crippen MR) is 52.8 cm³/mol. The number of nitrogens with one attached hydrogen (secondary N) is 2. The van der Waals surface area contributed by atoms with Crippen LogP contribution in [0, 0.1) is 5.82 Å². The monoisotopic (exact) mass is 258 g/mol. The van der Waals surface area contributed by atoms with Crippen molar-refractivity contribution in [3.63, 3.8) is 0 Å². The summed E-state index contributed by atoms with van der Waals surface area (Å²) in [6.45, 7) is 0. The second-order valence-electron chi connectivity index (χ2n) is 2.69. The molecule has 0 spiro atoms. The van der Waals surface area contributed by atoms with Crippen molar-refractivity contribution >= 4 is 26.8 Å². The van der Waals surface area contributed by atoms with Crippen molar-refractivity contribution < 1.29 is 4.39 Å². The molecule has 1 aromatic carbocycles. The van der Waals surface area contributed by atoms with Gasteiger partial charge in [0.15, 0.2) is 0 Å². The Labute approximate surface area is 84.9 Å². The average Bonchev–Trinajstić information content (AvgIpc) is 2.10. The van der Waals surface area contributed by atoms with Gasteiger partial charge in [0.1, 0.15) is 5.82 Å². The van der Waals surface area contributed by atoms with Crippen LogP contribution < -0.4 is 11.2 Å². The summed E-state index contributed by atoms with van der Waals surface area (Å²) in [6.07, 6.45) is 0. The summed E-state index contributed by atoms with van der Waals surface area (Å²) in [5, 5.41) is 0.101. The van der Waals surface area contributed by atoms with E-state index in [1.807, 2.05) is 4.98 Å². The third-order valence-corrected chi connectivity index (χ3v) is 2.46. The maximum atomic E-state index is 13.2. The zero-order valence-electron chi connectivity index (χ0n) is 6.73. The Hall–Kier alpha value is -1.43. The van der Waals surface area contributed by atoms with Gasteiger partial charge in [-0.05, 0) is 28.1 Å². The molecule has 0 aliphatic carbocycles. The Balaban J connectivity index is 3.16. The van der Waals surface area contributed by atoms with E-state index in [0.717, 1.165) is 0 Å². The van der Waals surface area contributed by atoms with E-state index in [1.54, 1.807) is 0 Å². The van der Waals surface area contributed by atoms with E-state index < -0.39 is 17.1 Å². The van der Waals surface area contributed by atoms with Crippen LogP contribution in [-0.4, -0.2) is 9.97 Å². The first-order valence-corrected chi connectivity index (χ1v) is 4.49. The molecule has 2 N–H and O–H groups in total. The number of hydrogen-bond donors (Lipinski definition) is 2. The predicted octanol–water partition coefficient (Wildman–Crippen LogP) is 1.12. The molecule has 0 atom stereocenters. The number of H-pyrrole nitrogens is 2. The minimum absolute atomic E-state index is 0.0897. The van der Waals surface area contributed by atoms with Crippen LogP contribution in [0.1, 0.15) is 0 Å². The normalized spacial score (nSPS) is 10.7. The SMILES string of the molecule is O=c1[nH]c(=O)c2c(Br)ccc(F)c2[nH]1. The van der Waals surface area contributed by atoms with Gasteiger partial charge < -0.3 is 4.98 Å². The van der Waals surface area contributed by atoms with Crippen LogP contribution >= 0.6 is 15.9 Å². The minimum atomic E-state index is -0.723. The van der Waals surface area contributed by atoms with Crippen molar-refractivity contribution in [1.82, 2.24) is 9.97 Å². The molecule has 0 aliphatic rings. The molecule has 1 heterocycles. The molecule has 0 fully saturated rings. The second kappa shape index (κ2) is 3.06. The summed E-state index contributed by atoms with van der Waals surface area (Å²) < 4.78 is 13.6. The van der Waals surface area contributed by atoms with E-state index in [1.165, 1.54) is 12.1 Å². The quantitative estimate of drug-likeness (QED) is 0.744. The lowest BCUT2D eigenvalue weighted by Gasteiger charge is -1.99. The number of aromatic amines is 2. The van der Waals surface area contributed by atoms with Gasteiger partial charge >= 0.3 is 5.69 Å². The Morgan fingerprint density at radius 3 is 2.64 bits per heavy atom. The van der Waals surface area contributed by atoms with Gasteiger partial charge in [-0.15, -0.1) is 0 Å². The molecule has 0 aliphatic heterocycles. The fraction of sp³-hybridized carbons (Fsp3) is 0. The zero-order valence-corrected chi connectivity index (χ0v) is 8.31. The Morgan fingerprint density at radius 2 is 1.93 bits per heavy atom. The number of fused-ring (bicyclic) bond motifs is 1. The fourth-order valence-corrected chi connectivity index (χ4v) is 1.72. The van der Waals surface area contributed by atoms with Crippen LogP contribution in [-0.2, 0) is 0 Å². The van der Waals surface area contributed by atoms with E-state index in [9.17, 15) is 14.0 Å². The fourth-order valence-electron chi connectivity index (χ4n) is 1.21. The molecular formula is C8H4BrFN2O2. The highest BCUT2D eigenvalue weighted by Gasteiger charge is 2.08. The summed E-state index contributed by atoms with van der Waals surface area (Å²) in [7, 11) is 0. The molecule has 1 aromatic heterocycles. The maximum absolute atomic E-state index is 13.2. The summed E-state index contributed by atoms with van der Waals surface area (Å²) >= 11 is 3.10. The van der Waals surface area contributed by atoms with E-state index in [-0.39, 0.29) is 10.9 Å². The lowest BCUT2D eigenvalue weighted by atomic mass is 10.2. The highest BCUT2D eigenvalue weighted by molar-refractivity contribution is 9.10. The molecule has 0 unspecified atom stereocenters. The lowest BCUT2D eigenvalue weighted by molar-refractivity contribution is 0.635. The van der Waals surface area contributed by atoms with Crippen LogP contribution in [0.5, 0.6) is 0 Å². The average molecular weight is 259 g/mol. The van der Waals surface area contributed by atoms with E-state index >= 15 is 0 Å². The van der Waals surface area contributed by atoms with Gasteiger partial charge in [0.2, 0.25) is 0 Å². The number of rotatable bonds is 0. The molecule has 2 aromatic rings. The number of benzene rings is 1.